The zero-order chi connectivity index (χ0) is 25.9. The maximum absolute atomic E-state index is 13.1. The Bertz CT molecular complexity index is 1470. The molecule has 1 aliphatic rings. The van der Waals surface area contributed by atoms with Crippen LogP contribution in [0.2, 0.25) is 5.02 Å². The molecule has 0 unspecified atom stereocenters. The fourth-order valence-electron chi connectivity index (χ4n) is 3.87. The highest BCUT2D eigenvalue weighted by Crippen LogP contribution is 2.47. The van der Waals surface area contributed by atoms with Crippen molar-refractivity contribution in [3.8, 4) is 28.9 Å². The van der Waals surface area contributed by atoms with Crippen LogP contribution in [-0.4, -0.2) is 36.3 Å². The van der Waals surface area contributed by atoms with E-state index >= 15 is 0 Å². The van der Waals surface area contributed by atoms with Crippen molar-refractivity contribution < 1.29 is 28.1 Å². The van der Waals surface area contributed by atoms with Crippen molar-refractivity contribution in [2.24, 2.45) is 0 Å². The quantitative estimate of drug-likeness (QED) is 0.325. The Labute approximate surface area is 216 Å². The number of methoxy groups -OCH3 is 1. The zero-order valence-corrected chi connectivity index (χ0v) is 20.6. The lowest BCUT2D eigenvalue weighted by molar-refractivity contribution is 0.167. The second-order valence-corrected chi connectivity index (χ2v) is 8.53. The summed E-state index contributed by atoms with van der Waals surface area (Å²) >= 11 is 6.43. The topological polar surface area (TPSA) is 104 Å². The molecule has 2 amide bonds. The van der Waals surface area contributed by atoms with Crippen LogP contribution in [0.4, 0.5) is 14.9 Å². The minimum absolute atomic E-state index is 0.247. The summed E-state index contributed by atoms with van der Waals surface area (Å²) in [6, 6.07) is 11.6. The molecule has 3 aromatic carbocycles. The van der Waals surface area contributed by atoms with E-state index in [-0.39, 0.29) is 22.8 Å². The average molecular weight is 525 g/mol. The number of amides is 2. The first-order chi connectivity index (χ1) is 17.9. The highest BCUT2D eigenvalue weighted by atomic mass is 35.5. The summed E-state index contributed by atoms with van der Waals surface area (Å²) in [5.41, 5.74) is 1.70. The van der Waals surface area contributed by atoms with E-state index in [9.17, 15) is 9.18 Å². The van der Waals surface area contributed by atoms with Gasteiger partial charge in [-0.2, -0.15) is 0 Å². The Morgan fingerprint density at radius 3 is 2.57 bits per heavy atom. The molecule has 2 N–H and O–H groups in total. The predicted octanol–water partition coefficient (Wildman–Crippen LogP) is 5.88. The molecule has 0 aliphatic carbocycles. The second-order valence-electron chi connectivity index (χ2n) is 8.12. The third kappa shape index (κ3) is 5.14. The molecule has 0 radical (unpaired) electrons. The number of rotatable bonds is 6. The molecule has 1 aromatic heterocycles. The van der Waals surface area contributed by atoms with E-state index in [4.69, 9.17) is 30.5 Å². The van der Waals surface area contributed by atoms with E-state index in [1.54, 1.807) is 50.4 Å². The number of benzene rings is 3. The molecule has 0 bridgehead atoms. The van der Waals surface area contributed by atoms with Crippen LogP contribution in [0.15, 0.2) is 54.9 Å². The Kier molecular flexibility index (Phi) is 6.82. The lowest BCUT2D eigenvalue weighted by Crippen LogP contribution is -2.31. The van der Waals surface area contributed by atoms with Crippen molar-refractivity contribution in [3.05, 3.63) is 71.3 Å². The summed E-state index contributed by atoms with van der Waals surface area (Å²) in [5, 5.41) is 6.28. The van der Waals surface area contributed by atoms with Gasteiger partial charge in [0.1, 0.15) is 36.5 Å². The van der Waals surface area contributed by atoms with Crippen LogP contribution in [-0.2, 0) is 0 Å². The molecule has 0 saturated carbocycles. The summed E-state index contributed by atoms with van der Waals surface area (Å²) in [7, 11) is 1.54. The monoisotopic (exact) mass is 524 g/mol. The molecule has 11 heteroatoms. The smallest absolute Gasteiger partial charge is 0.319 e. The minimum atomic E-state index is -0.466. The van der Waals surface area contributed by atoms with Gasteiger partial charge < -0.3 is 29.6 Å². The van der Waals surface area contributed by atoms with Crippen molar-refractivity contribution in [1.82, 2.24) is 15.3 Å². The molecule has 5 rings (SSSR count). The van der Waals surface area contributed by atoms with Crippen LogP contribution < -0.4 is 29.6 Å². The van der Waals surface area contributed by atoms with Crippen molar-refractivity contribution >= 4 is 34.2 Å². The van der Waals surface area contributed by atoms with Gasteiger partial charge in [0, 0.05) is 12.1 Å². The predicted molar refractivity (Wildman–Crippen MR) is 136 cm³/mol. The first kappa shape index (κ1) is 24.4. The number of nitrogens with zero attached hydrogens (tertiary/aromatic N) is 2. The average Bonchev–Trinajstić information content (AvgIpc) is 2.90. The molecule has 0 saturated heterocycles. The summed E-state index contributed by atoms with van der Waals surface area (Å²) in [6.45, 7) is 2.54. The van der Waals surface area contributed by atoms with E-state index in [0.717, 1.165) is 5.56 Å². The van der Waals surface area contributed by atoms with Crippen LogP contribution in [0.3, 0.4) is 0 Å². The van der Waals surface area contributed by atoms with Gasteiger partial charge >= 0.3 is 6.03 Å². The lowest BCUT2D eigenvalue weighted by atomic mass is 10.1. The number of hydrogen-bond donors (Lipinski definition) is 2. The van der Waals surface area contributed by atoms with Crippen molar-refractivity contribution in [2.45, 2.75) is 13.0 Å². The number of urea groups is 1. The van der Waals surface area contributed by atoms with Crippen molar-refractivity contribution in [3.63, 3.8) is 0 Å². The maximum Gasteiger partial charge on any atom is 0.319 e. The molecule has 190 valence electrons. The minimum Gasteiger partial charge on any atom is -0.493 e. The van der Waals surface area contributed by atoms with Crippen LogP contribution in [0.5, 0.6) is 28.9 Å². The molecule has 0 fully saturated rings. The number of carbonyl (C=O) groups excluding carboxylic acids is 1. The Hall–Kier alpha value is -4.31. The third-order valence-electron chi connectivity index (χ3n) is 5.68. The summed E-state index contributed by atoms with van der Waals surface area (Å²) < 4.78 is 36.2. The van der Waals surface area contributed by atoms with Gasteiger partial charge in [-0.3, -0.25) is 0 Å². The largest absolute Gasteiger partial charge is 0.493 e. The molecule has 1 atom stereocenters. The Morgan fingerprint density at radius 2 is 1.84 bits per heavy atom. The number of nitrogens with one attached hydrogen (secondary N) is 2. The van der Waals surface area contributed by atoms with Gasteiger partial charge in [-0.15, -0.1) is 0 Å². The highest BCUT2D eigenvalue weighted by molar-refractivity contribution is 6.33. The summed E-state index contributed by atoms with van der Waals surface area (Å²) in [5.74, 6) is 1.68. The van der Waals surface area contributed by atoms with Gasteiger partial charge in [-0.1, -0.05) is 23.7 Å². The van der Waals surface area contributed by atoms with Crippen molar-refractivity contribution in [1.29, 1.82) is 0 Å². The van der Waals surface area contributed by atoms with Gasteiger partial charge in [-0.05, 0) is 36.8 Å². The number of fused-ring (bicyclic) bond motifs is 3. The zero-order valence-electron chi connectivity index (χ0n) is 19.9. The number of halogens is 2. The van der Waals surface area contributed by atoms with Gasteiger partial charge in [0.15, 0.2) is 11.5 Å². The fraction of sp³-hybridized carbons (Fsp3) is 0.192. The maximum atomic E-state index is 13.1. The summed E-state index contributed by atoms with van der Waals surface area (Å²) in [4.78, 5) is 21.1. The van der Waals surface area contributed by atoms with Crippen LogP contribution in [0.25, 0.3) is 10.9 Å². The SMILES string of the molecule is COc1cc2ncnc(Oc3ccc(NC(=O)N[C@H](C)c4ccc(F)cc4)c(Cl)c3)c2c2c1OCCO2. The number of hydrogen-bond acceptors (Lipinski definition) is 7. The molecular formula is C26H22ClFN4O5. The van der Waals surface area contributed by atoms with Gasteiger partial charge in [0.05, 0.1) is 29.4 Å². The van der Waals surface area contributed by atoms with Gasteiger partial charge in [0.2, 0.25) is 11.6 Å². The molecule has 1 aliphatic heterocycles. The van der Waals surface area contributed by atoms with E-state index in [2.05, 4.69) is 20.6 Å². The Morgan fingerprint density at radius 1 is 1.08 bits per heavy atom. The third-order valence-corrected chi connectivity index (χ3v) is 6.00. The number of aromatic nitrogens is 2. The second kappa shape index (κ2) is 10.4. The van der Waals surface area contributed by atoms with Crippen molar-refractivity contribution in [2.75, 3.05) is 25.6 Å². The van der Waals surface area contributed by atoms with Crippen LogP contribution in [0.1, 0.15) is 18.5 Å². The molecule has 2 heterocycles. The molecule has 37 heavy (non-hydrogen) atoms. The molecule has 4 aromatic rings. The van der Waals surface area contributed by atoms with E-state index in [0.29, 0.717) is 52.8 Å². The van der Waals surface area contributed by atoms with E-state index < -0.39 is 6.03 Å². The molecule has 9 nitrogen and oxygen atoms in total. The standard InChI is InChI=1S/C26H22ClFN4O5/c1-14(15-3-5-16(28)6-4-15)31-26(33)32-19-8-7-17(11-18(19)27)37-25-22-20(29-13-30-25)12-21(34-2)23-24(22)36-10-9-35-23/h3-8,11-14H,9-10H2,1-2H3,(H2,31,32,33)/t14-/m1/s1. The normalized spacial score (nSPS) is 13.1. The Balaban J connectivity index is 1.34. The first-order valence-electron chi connectivity index (χ1n) is 11.3. The highest BCUT2D eigenvalue weighted by Gasteiger charge is 2.25. The number of ether oxygens (including phenoxy) is 4. The van der Waals surface area contributed by atoms with Gasteiger partial charge in [-0.25, -0.2) is 19.2 Å². The van der Waals surface area contributed by atoms with Crippen LogP contribution >= 0.6 is 11.6 Å². The lowest BCUT2D eigenvalue weighted by Gasteiger charge is -2.22. The van der Waals surface area contributed by atoms with Crippen LogP contribution in [0, 0.1) is 5.82 Å². The summed E-state index contributed by atoms with van der Waals surface area (Å²) in [6.07, 6.45) is 1.37. The fourth-order valence-corrected chi connectivity index (χ4v) is 4.09. The molecular weight excluding hydrogens is 503 g/mol. The first-order valence-corrected chi connectivity index (χ1v) is 11.7. The van der Waals surface area contributed by atoms with Gasteiger partial charge in [0.25, 0.3) is 0 Å². The van der Waals surface area contributed by atoms with E-state index in [1.807, 2.05) is 0 Å². The number of anilines is 1. The number of carbonyl (C=O) groups is 1. The molecule has 0 spiro atoms. The van der Waals surface area contributed by atoms with E-state index in [1.165, 1.54) is 18.5 Å².